The molecule has 0 amide bonds. The quantitative estimate of drug-likeness (QED) is 0.866. The molecule has 6 nitrogen and oxygen atoms in total. The summed E-state index contributed by atoms with van der Waals surface area (Å²) in [7, 11) is 0. The lowest BCUT2D eigenvalue weighted by Gasteiger charge is -2.46. The Hall–Kier alpha value is -1.56. The number of nitrogens with zero attached hydrogens (tertiary/aromatic N) is 2. The fourth-order valence-electron chi connectivity index (χ4n) is 2.43. The van der Waals surface area contributed by atoms with E-state index in [1.54, 1.807) is 0 Å². The van der Waals surface area contributed by atoms with Crippen LogP contribution in [0, 0.1) is 0 Å². The first-order valence-electron chi connectivity index (χ1n) is 5.82. The zero-order chi connectivity index (χ0) is 13.6. The Morgan fingerprint density at radius 2 is 1.89 bits per heavy atom. The minimum Gasteiger partial charge on any atom is -0.476 e. The van der Waals surface area contributed by atoms with Crippen molar-refractivity contribution in [2.45, 2.75) is 38.9 Å². The lowest BCUT2D eigenvalue weighted by atomic mass is 9.99. The van der Waals surface area contributed by atoms with Gasteiger partial charge in [-0.3, -0.25) is 0 Å². The number of rotatable bonds is 2. The summed E-state index contributed by atoms with van der Waals surface area (Å²) in [5.41, 5.74) is -0.744. The number of carboxylic acids is 1. The first-order valence-corrected chi connectivity index (χ1v) is 5.82. The number of aromatic nitrogens is 1. The molecule has 0 saturated carbocycles. The summed E-state index contributed by atoms with van der Waals surface area (Å²) < 4.78 is 11.2. The number of hydrogen-bond acceptors (Lipinski definition) is 5. The van der Waals surface area contributed by atoms with Crippen LogP contribution >= 0.6 is 0 Å². The number of aromatic carboxylic acids is 1. The van der Waals surface area contributed by atoms with Gasteiger partial charge in [-0.25, -0.2) is 4.79 Å². The van der Waals surface area contributed by atoms with Crippen molar-refractivity contribution in [3.05, 3.63) is 12.0 Å². The molecule has 1 saturated heterocycles. The van der Waals surface area contributed by atoms with E-state index >= 15 is 0 Å². The Morgan fingerprint density at radius 3 is 2.33 bits per heavy atom. The molecular formula is C12H18N2O4. The zero-order valence-electron chi connectivity index (χ0n) is 11.1. The Bertz CT molecular complexity index is 448. The van der Waals surface area contributed by atoms with Gasteiger partial charge in [0.15, 0.2) is 5.69 Å². The van der Waals surface area contributed by atoms with Crippen molar-refractivity contribution in [1.82, 2.24) is 4.98 Å². The molecular weight excluding hydrogens is 236 g/mol. The van der Waals surface area contributed by atoms with Crippen molar-refractivity contribution in [1.29, 1.82) is 0 Å². The lowest BCUT2D eigenvalue weighted by Crippen LogP contribution is -2.57. The summed E-state index contributed by atoms with van der Waals surface area (Å²) in [6.07, 6.45) is 1.16. The standard InChI is InChI=1S/C12H18N2O4/c1-11(2)6-14(7-12(3,4)18-11)10-13-8(5-17-10)9(15)16/h5H,6-7H2,1-4H3,(H,15,16). The van der Waals surface area contributed by atoms with Gasteiger partial charge in [0.1, 0.15) is 6.26 Å². The monoisotopic (exact) mass is 254 g/mol. The maximum atomic E-state index is 10.8. The topological polar surface area (TPSA) is 75.8 Å². The Labute approximate surface area is 106 Å². The van der Waals surface area contributed by atoms with Gasteiger partial charge < -0.3 is 19.2 Å². The predicted octanol–water partition coefficient (Wildman–Crippen LogP) is 1.77. The van der Waals surface area contributed by atoms with E-state index in [0.717, 1.165) is 6.26 Å². The van der Waals surface area contributed by atoms with E-state index in [4.69, 9.17) is 14.3 Å². The molecule has 1 aromatic heterocycles. The molecule has 0 spiro atoms. The van der Waals surface area contributed by atoms with Gasteiger partial charge in [0.05, 0.1) is 24.3 Å². The van der Waals surface area contributed by atoms with Gasteiger partial charge in [-0.1, -0.05) is 0 Å². The molecule has 0 unspecified atom stereocenters. The fraction of sp³-hybridized carbons (Fsp3) is 0.667. The predicted molar refractivity (Wildman–Crippen MR) is 64.9 cm³/mol. The van der Waals surface area contributed by atoms with Gasteiger partial charge in [-0.2, -0.15) is 4.98 Å². The van der Waals surface area contributed by atoms with Crippen molar-refractivity contribution >= 4 is 12.0 Å². The van der Waals surface area contributed by atoms with E-state index in [1.165, 1.54) is 0 Å². The fourth-order valence-corrected chi connectivity index (χ4v) is 2.43. The van der Waals surface area contributed by atoms with Crippen molar-refractivity contribution in [2.24, 2.45) is 0 Å². The van der Waals surface area contributed by atoms with Crippen molar-refractivity contribution in [3.8, 4) is 0 Å². The van der Waals surface area contributed by atoms with Crippen LogP contribution in [0.1, 0.15) is 38.2 Å². The molecule has 6 heteroatoms. The van der Waals surface area contributed by atoms with Crippen LogP contribution in [0.4, 0.5) is 6.01 Å². The Kier molecular flexibility index (Phi) is 2.85. The second-order valence-corrected chi connectivity index (χ2v) is 5.80. The Balaban J connectivity index is 2.24. The van der Waals surface area contributed by atoms with Crippen molar-refractivity contribution in [3.63, 3.8) is 0 Å². The molecule has 0 radical (unpaired) electrons. The molecule has 1 aliphatic heterocycles. The number of morpholine rings is 1. The number of anilines is 1. The van der Waals surface area contributed by atoms with Gasteiger partial charge in [-0.05, 0) is 27.7 Å². The molecule has 0 aromatic carbocycles. The molecule has 1 N–H and O–H groups in total. The summed E-state index contributed by atoms with van der Waals surface area (Å²) in [6, 6.07) is 0.330. The highest BCUT2D eigenvalue weighted by Gasteiger charge is 2.39. The van der Waals surface area contributed by atoms with E-state index in [1.807, 2.05) is 32.6 Å². The summed E-state index contributed by atoms with van der Waals surface area (Å²) in [6.45, 7) is 9.17. The van der Waals surface area contributed by atoms with Gasteiger partial charge in [0.25, 0.3) is 6.01 Å². The van der Waals surface area contributed by atoms with Crippen LogP contribution < -0.4 is 4.90 Å². The molecule has 1 aliphatic rings. The number of carbonyl (C=O) groups is 1. The molecule has 18 heavy (non-hydrogen) atoms. The number of oxazole rings is 1. The average molecular weight is 254 g/mol. The van der Waals surface area contributed by atoms with Crippen LogP contribution in [-0.4, -0.2) is 40.4 Å². The van der Waals surface area contributed by atoms with Gasteiger partial charge in [0, 0.05) is 0 Å². The van der Waals surface area contributed by atoms with Crippen molar-refractivity contribution in [2.75, 3.05) is 18.0 Å². The largest absolute Gasteiger partial charge is 0.476 e. The van der Waals surface area contributed by atoms with Gasteiger partial charge in [-0.15, -0.1) is 0 Å². The SMILES string of the molecule is CC1(C)CN(c2nc(C(=O)O)co2)CC(C)(C)O1. The van der Waals surface area contributed by atoms with Crippen LogP contribution in [-0.2, 0) is 4.74 Å². The lowest BCUT2D eigenvalue weighted by molar-refractivity contribution is -0.134. The van der Waals surface area contributed by atoms with Crippen LogP contribution in [0.5, 0.6) is 0 Å². The maximum absolute atomic E-state index is 10.8. The minimum atomic E-state index is -1.09. The molecule has 0 bridgehead atoms. The molecule has 0 atom stereocenters. The highest BCUT2D eigenvalue weighted by molar-refractivity contribution is 5.85. The number of ether oxygens (including phenoxy) is 1. The zero-order valence-corrected chi connectivity index (χ0v) is 11.1. The van der Waals surface area contributed by atoms with E-state index in [2.05, 4.69) is 4.98 Å². The van der Waals surface area contributed by atoms with Gasteiger partial charge >= 0.3 is 5.97 Å². The maximum Gasteiger partial charge on any atom is 0.357 e. The van der Waals surface area contributed by atoms with Crippen LogP contribution in [0.3, 0.4) is 0 Å². The third-order valence-electron chi connectivity index (χ3n) is 2.68. The molecule has 2 rings (SSSR count). The summed E-state index contributed by atoms with van der Waals surface area (Å²) in [4.78, 5) is 16.7. The first kappa shape index (κ1) is 12.9. The average Bonchev–Trinajstić information content (AvgIpc) is 2.60. The van der Waals surface area contributed by atoms with Gasteiger partial charge in [0.2, 0.25) is 0 Å². The van der Waals surface area contributed by atoms with Crippen LogP contribution in [0.25, 0.3) is 0 Å². The first-order chi connectivity index (χ1) is 8.19. The minimum absolute atomic E-state index is 0.0768. The van der Waals surface area contributed by atoms with E-state index in [-0.39, 0.29) is 16.9 Å². The normalized spacial score (nSPS) is 21.9. The second-order valence-electron chi connectivity index (χ2n) is 5.80. The van der Waals surface area contributed by atoms with E-state index in [0.29, 0.717) is 19.1 Å². The smallest absolute Gasteiger partial charge is 0.357 e. The molecule has 0 aliphatic carbocycles. The number of hydrogen-bond donors (Lipinski definition) is 1. The van der Waals surface area contributed by atoms with Crippen LogP contribution in [0.15, 0.2) is 10.7 Å². The molecule has 1 fully saturated rings. The third kappa shape index (κ3) is 2.64. The summed E-state index contributed by atoms with van der Waals surface area (Å²) in [5, 5.41) is 8.84. The van der Waals surface area contributed by atoms with Crippen LogP contribution in [0.2, 0.25) is 0 Å². The number of carboxylic acid groups (broad SMARTS) is 1. The highest BCUT2D eigenvalue weighted by atomic mass is 16.5. The molecule has 100 valence electrons. The summed E-state index contributed by atoms with van der Waals surface area (Å²) >= 11 is 0. The Morgan fingerprint density at radius 1 is 1.33 bits per heavy atom. The molecule has 1 aromatic rings. The van der Waals surface area contributed by atoms with E-state index < -0.39 is 5.97 Å². The van der Waals surface area contributed by atoms with Crippen molar-refractivity contribution < 1.29 is 19.1 Å². The second kappa shape index (κ2) is 3.98. The molecule has 2 heterocycles. The summed E-state index contributed by atoms with van der Waals surface area (Å²) in [5.74, 6) is -1.09. The highest BCUT2D eigenvalue weighted by Crippen LogP contribution is 2.30. The third-order valence-corrected chi connectivity index (χ3v) is 2.68. The van der Waals surface area contributed by atoms with E-state index in [9.17, 15) is 4.79 Å².